The highest BCUT2D eigenvalue weighted by atomic mass is 32.2. The van der Waals surface area contributed by atoms with Crippen molar-refractivity contribution in [3.05, 3.63) is 90.9 Å². The van der Waals surface area contributed by atoms with Gasteiger partial charge in [0, 0.05) is 6.07 Å². The van der Waals surface area contributed by atoms with Crippen molar-refractivity contribution in [3.63, 3.8) is 0 Å². The average Bonchev–Trinajstić information content (AvgIpc) is 3.11. The van der Waals surface area contributed by atoms with E-state index in [1.54, 1.807) is 12.1 Å². The van der Waals surface area contributed by atoms with E-state index < -0.39 is 10.0 Å². The van der Waals surface area contributed by atoms with Crippen molar-refractivity contribution < 1.29 is 17.6 Å². The van der Waals surface area contributed by atoms with Crippen LogP contribution in [0.5, 0.6) is 11.5 Å². The number of sulfonamides is 1. The van der Waals surface area contributed by atoms with Crippen LogP contribution in [-0.2, 0) is 16.6 Å². The maximum absolute atomic E-state index is 12.5. The summed E-state index contributed by atoms with van der Waals surface area (Å²) in [7, 11) is -3.62. The molecule has 0 bridgehead atoms. The molecule has 0 saturated heterocycles. The quantitative estimate of drug-likeness (QED) is 0.505. The Kier molecular flexibility index (Phi) is 4.62. The van der Waals surface area contributed by atoms with Crippen LogP contribution in [0.15, 0.2) is 90.1 Å². The standard InChI is InChI=1S/C20H17N3O3S/c24-27(25,21-14-16-15-23-13-5-4-8-20(23)22-16)19-11-9-18(10-12-19)26-17-6-2-1-3-7-17/h1-13,15,21H,14H2/p+1. The number of fused-ring (bicyclic) bond motifs is 1. The first kappa shape index (κ1) is 17.3. The van der Waals surface area contributed by atoms with Crippen LogP contribution in [0.25, 0.3) is 5.65 Å². The zero-order valence-corrected chi connectivity index (χ0v) is 15.2. The maximum Gasteiger partial charge on any atom is 0.284 e. The number of nitrogens with zero attached hydrogens (tertiary/aromatic N) is 1. The molecule has 7 heteroatoms. The predicted molar refractivity (Wildman–Crippen MR) is 101 cm³/mol. The molecule has 0 unspecified atom stereocenters. The third-order valence-electron chi connectivity index (χ3n) is 4.04. The zero-order valence-electron chi connectivity index (χ0n) is 14.4. The van der Waals surface area contributed by atoms with E-state index in [1.165, 1.54) is 12.1 Å². The van der Waals surface area contributed by atoms with Crippen LogP contribution >= 0.6 is 0 Å². The molecule has 0 aliphatic rings. The summed E-state index contributed by atoms with van der Waals surface area (Å²) in [5, 5.41) is 0. The van der Waals surface area contributed by atoms with Gasteiger partial charge in [-0.25, -0.2) is 22.5 Å². The van der Waals surface area contributed by atoms with E-state index in [0.29, 0.717) is 11.5 Å². The lowest BCUT2D eigenvalue weighted by Crippen LogP contribution is -2.23. The Labute approximate surface area is 157 Å². The van der Waals surface area contributed by atoms with Crippen LogP contribution in [0.3, 0.4) is 0 Å². The summed E-state index contributed by atoms with van der Waals surface area (Å²) in [5.41, 5.74) is 1.67. The Morgan fingerprint density at radius 1 is 0.889 bits per heavy atom. The SMILES string of the molecule is O=S(=O)(NCc1c[n+]2ccccc2[nH]1)c1ccc(Oc2ccccc2)cc1. The molecule has 0 atom stereocenters. The molecule has 0 aliphatic heterocycles. The highest BCUT2D eigenvalue weighted by molar-refractivity contribution is 7.89. The first-order valence-electron chi connectivity index (χ1n) is 8.41. The number of rotatable bonds is 6. The Bertz CT molecular complexity index is 1120. The van der Waals surface area contributed by atoms with Gasteiger partial charge in [0.25, 0.3) is 5.65 Å². The topological polar surface area (TPSA) is 75.3 Å². The minimum Gasteiger partial charge on any atom is -0.457 e. The van der Waals surface area contributed by atoms with Crippen molar-refractivity contribution in [3.8, 4) is 11.5 Å². The number of aromatic amines is 1. The van der Waals surface area contributed by atoms with Gasteiger partial charge in [0.15, 0.2) is 5.69 Å². The molecular weight excluding hydrogens is 362 g/mol. The summed E-state index contributed by atoms with van der Waals surface area (Å²) in [6, 6.07) is 21.4. The normalized spacial score (nSPS) is 11.6. The molecule has 0 spiro atoms. The molecule has 27 heavy (non-hydrogen) atoms. The summed E-state index contributed by atoms with van der Waals surface area (Å²) in [6.07, 6.45) is 3.75. The number of benzene rings is 2. The molecule has 0 amide bonds. The third-order valence-corrected chi connectivity index (χ3v) is 5.46. The van der Waals surface area contributed by atoms with E-state index in [9.17, 15) is 8.42 Å². The van der Waals surface area contributed by atoms with Crippen molar-refractivity contribution in [1.82, 2.24) is 9.71 Å². The Morgan fingerprint density at radius 2 is 1.59 bits per heavy atom. The van der Waals surface area contributed by atoms with Gasteiger partial charge in [-0.15, -0.1) is 0 Å². The molecule has 0 fully saturated rings. The van der Waals surface area contributed by atoms with Gasteiger partial charge < -0.3 is 4.74 Å². The molecule has 4 aromatic rings. The summed E-state index contributed by atoms with van der Waals surface area (Å²) >= 11 is 0. The Morgan fingerprint density at radius 3 is 2.33 bits per heavy atom. The van der Waals surface area contributed by atoms with Crippen LogP contribution < -0.4 is 13.9 Å². The maximum atomic E-state index is 12.5. The fourth-order valence-electron chi connectivity index (χ4n) is 2.70. The number of hydrogen-bond acceptors (Lipinski definition) is 3. The van der Waals surface area contributed by atoms with Crippen LogP contribution in [0.4, 0.5) is 0 Å². The molecule has 0 aliphatic carbocycles. The fourth-order valence-corrected chi connectivity index (χ4v) is 3.70. The lowest BCUT2D eigenvalue weighted by molar-refractivity contribution is -0.510. The van der Waals surface area contributed by atoms with Gasteiger partial charge in [-0.05, 0) is 42.5 Å². The minimum absolute atomic E-state index is 0.173. The van der Waals surface area contributed by atoms with Crippen molar-refractivity contribution in [1.29, 1.82) is 0 Å². The summed E-state index contributed by atoms with van der Waals surface area (Å²) in [4.78, 5) is 3.36. The number of nitrogens with one attached hydrogen (secondary N) is 2. The first-order valence-corrected chi connectivity index (χ1v) is 9.89. The van der Waals surface area contributed by atoms with Gasteiger partial charge in [-0.1, -0.05) is 24.3 Å². The minimum atomic E-state index is -3.62. The van der Waals surface area contributed by atoms with E-state index in [-0.39, 0.29) is 11.4 Å². The molecule has 2 aromatic heterocycles. The predicted octanol–water partition coefficient (Wildman–Crippen LogP) is 3.02. The number of para-hydroxylation sites is 1. The highest BCUT2D eigenvalue weighted by Gasteiger charge is 2.16. The molecule has 0 radical (unpaired) electrons. The second-order valence-electron chi connectivity index (χ2n) is 5.98. The molecule has 2 aromatic carbocycles. The number of aromatic nitrogens is 2. The number of H-pyrrole nitrogens is 1. The van der Waals surface area contributed by atoms with Gasteiger partial charge in [-0.2, -0.15) is 0 Å². The van der Waals surface area contributed by atoms with Gasteiger partial charge in [-0.3, -0.25) is 0 Å². The number of ether oxygens (including phenoxy) is 1. The average molecular weight is 380 g/mol. The number of hydrogen-bond donors (Lipinski definition) is 2. The monoisotopic (exact) mass is 380 g/mol. The smallest absolute Gasteiger partial charge is 0.284 e. The first-order chi connectivity index (χ1) is 13.1. The van der Waals surface area contributed by atoms with Gasteiger partial charge in [0.05, 0.1) is 17.6 Å². The highest BCUT2D eigenvalue weighted by Crippen LogP contribution is 2.22. The molecule has 2 heterocycles. The lowest BCUT2D eigenvalue weighted by Gasteiger charge is -2.07. The van der Waals surface area contributed by atoms with Crippen molar-refractivity contribution >= 4 is 15.7 Å². The van der Waals surface area contributed by atoms with Crippen molar-refractivity contribution in [2.24, 2.45) is 0 Å². The molecule has 136 valence electrons. The van der Waals surface area contributed by atoms with E-state index >= 15 is 0 Å². The second-order valence-corrected chi connectivity index (χ2v) is 7.75. The van der Waals surface area contributed by atoms with E-state index in [0.717, 1.165) is 11.3 Å². The van der Waals surface area contributed by atoms with Crippen LogP contribution in [0, 0.1) is 0 Å². The zero-order chi connectivity index (χ0) is 18.7. The Balaban J connectivity index is 1.45. The van der Waals surface area contributed by atoms with Crippen LogP contribution in [0.2, 0.25) is 0 Å². The van der Waals surface area contributed by atoms with Crippen molar-refractivity contribution in [2.75, 3.05) is 0 Å². The summed E-state index contributed by atoms with van der Waals surface area (Å²) in [5.74, 6) is 1.27. The second kappa shape index (κ2) is 7.22. The molecular formula is C20H18N3O3S+. The van der Waals surface area contributed by atoms with Gasteiger partial charge in [0.2, 0.25) is 10.0 Å². The molecule has 6 nitrogen and oxygen atoms in total. The number of pyridine rings is 1. The third kappa shape index (κ3) is 3.99. The summed E-state index contributed by atoms with van der Waals surface area (Å²) in [6.45, 7) is 0.173. The van der Waals surface area contributed by atoms with Crippen molar-refractivity contribution in [2.45, 2.75) is 11.4 Å². The molecule has 4 rings (SSSR count). The fraction of sp³-hybridized carbons (Fsp3) is 0.0500. The van der Waals surface area contributed by atoms with Gasteiger partial charge >= 0.3 is 0 Å². The number of imidazole rings is 1. The largest absolute Gasteiger partial charge is 0.457 e. The van der Waals surface area contributed by atoms with Crippen LogP contribution in [-0.4, -0.2) is 13.4 Å². The summed E-state index contributed by atoms with van der Waals surface area (Å²) < 4.78 is 35.2. The van der Waals surface area contributed by atoms with E-state index in [4.69, 9.17) is 4.74 Å². The Hall–Kier alpha value is -3.16. The van der Waals surface area contributed by atoms with Crippen LogP contribution in [0.1, 0.15) is 5.69 Å². The lowest BCUT2D eigenvalue weighted by atomic mass is 10.3. The van der Waals surface area contributed by atoms with Gasteiger partial charge in [0.1, 0.15) is 17.7 Å². The molecule has 2 N–H and O–H groups in total. The van der Waals surface area contributed by atoms with E-state index in [1.807, 2.05) is 65.3 Å². The van der Waals surface area contributed by atoms with E-state index in [2.05, 4.69) is 9.71 Å². The molecule has 0 saturated carbocycles.